The lowest BCUT2D eigenvalue weighted by atomic mass is 10.2. The van der Waals surface area contributed by atoms with Crippen LogP contribution in [0.15, 0.2) is 18.2 Å². The molecule has 1 fully saturated rings. The maximum Gasteiger partial charge on any atom is 0.121 e. The molecule has 0 spiro atoms. The molecule has 0 saturated carbocycles. The van der Waals surface area contributed by atoms with Gasteiger partial charge < -0.3 is 20.7 Å². The van der Waals surface area contributed by atoms with Crippen LogP contribution in [0, 0.1) is 0 Å². The van der Waals surface area contributed by atoms with Crippen molar-refractivity contribution in [2.45, 2.75) is 18.8 Å². The van der Waals surface area contributed by atoms with Crippen molar-refractivity contribution in [3.8, 4) is 5.75 Å². The second-order valence-electron chi connectivity index (χ2n) is 4.44. The van der Waals surface area contributed by atoms with E-state index in [4.69, 9.17) is 10.5 Å². The molecule has 0 aliphatic carbocycles. The molecule has 1 saturated heterocycles. The lowest BCUT2D eigenvalue weighted by Gasteiger charge is -2.15. The second-order valence-corrected chi connectivity index (χ2v) is 4.44. The number of methoxy groups -OCH3 is 1. The minimum absolute atomic E-state index is 0.484. The van der Waals surface area contributed by atoms with E-state index in [-0.39, 0.29) is 0 Å². The van der Waals surface area contributed by atoms with E-state index in [9.17, 15) is 10.2 Å². The van der Waals surface area contributed by atoms with Crippen molar-refractivity contribution in [2.75, 3.05) is 25.9 Å². The lowest BCUT2D eigenvalue weighted by molar-refractivity contribution is 0.0572. The summed E-state index contributed by atoms with van der Waals surface area (Å²) in [5.74, 6) is 0.722. The Bertz CT molecular complexity index is 387. The first-order valence-corrected chi connectivity index (χ1v) is 5.60. The van der Waals surface area contributed by atoms with E-state index in [1.165, 1.54) is 0 Å². The third-order valence-electron chi connectivity index (χ3n) is 2.97. The fourth-order valence-corrected chi connectivity index (χ4v) is 2.13. The van der Waals surface area contributed by atoms with Crippen molar-refractivity contribution in [1.82, 2.24) is 4.90 Å². The van der Waals surface area contributed by atoms with Crippen LogP contribution in [0.25, 0.3) is 0 Å². The Morgan fingerprint density at radius 1 is 1.29 bits per heavy atom. The van der Waals surface area contributed by atoms with Crippen molar-refractivity contribution >= 4 is 5.69 Å². The summed E-state index contributed by atoms with van der Waals surface area (Å²) >= 11 is 0. The van der Waals surface area contributed by atoms with Crippen LogP contribution in [0.4, 0.5) is 5.69 Å². The molecular weight excluding hydrogens is 220 g/mol. The highest BCUT2D eigenvalue weighted by Crippen LogP contribution is 2.21. The van der Waals surface area contributed by atoms with Crippen molar-refractivity contribution < 1.29 is 14.9 Å². The normalized spacial score (nSPS) is 25.1. The molecule has 0 aromatic heterocycles. The fourth-order valence-electron chi connectivity index (χ4n) is 2.13. The largest absolute Gasteiger partial charge is 0.497 e. The summed E-state index contributed by atoms with van der Waals surface area (Å²) in [6.07, 6.45) is -1.31. The van der Waals surface area contributed by atoms with E-state index < -0.39 is 12.2 Å². The topological polar surface area (TPSA) is 79.0 Å². The van der Waals surface area contributed by atoms with E-state index in [1.54, 1.807) is 13.2 Å². The minimum Gasteiger partial charge on any atom is -0.497 e. The smallest absolute Gasteiger partial charge is 0.121 e. The molecule has 5 nitrogen and oxygen atoms in total. The zero-order chi connectivity index (χ0) is 12.4. The van der Waals surface area contributed by atoms with Crippen LogP contribution in [0.1, 0.15) is 5.56 Å². The first-order valence-electron chi connectivity index (χ1n) is 5.60. The zero-order valence-corrected chi connectivity index (χ0v) is 9.84. The van der Waals surface area contributed by atoms with E-state index >= 15 is 0 Å². The molecule has 1 aromatic rings. The molecule has 0 bridgehead atoms. The molecule has 5 heteroatoms. The molecule has 2 rings (SSSR count). The molecule has 1 aliphatic heterocycles. The van der Waals surface area contributed by atoms with Gasteiger partial charge in [-0.05, 0) is 17.7 Å². The SMILES string of the molecule is COc1cc(N)cc(CN2CC(O)C(O)C2)c1. The highest BCUT2D eigenvalue weighted by atomic mass is 16.5. The van der Waals surface area contributed by atoms with Gasteiger partial charge in [-0.3, -0.25) is 4.90 Å². The van der Waals surface area contributed by atoms with Gasteiger partial charge in [0.05, 0.1) is 19.3 Å². The van der Waals surface area contributed by atoms with Crippen LogP contribution in [-0.4, -0.2) is 47.5 Å². The molecular formula is C12H18N2O3. The van der Waals surface area contributed by atoms with Gasteiger partial charge in [-0.1, -0.05) is 0 Å². The van der Waals surface area contributed by atoms with Gasteiger partial charge in [-0.15, -0.1) is 0 Å². The molecule has 4 N–H and O–H groups in total. The van der Waals surface area contributed by atoms with E-state index in [0.717, 1.165) is 11.3 Å². The Balaban J connectivity index is 2.06. The first kappa shape index (κ1) is 12.2. The number of aliphatic hydroxyl groups excluding tert-OH is 2. The minimum atomic E-state index is -0.655. The van der Waals surface area contributed by atoms with Crippen LogP contribution in [0.5, 0.6) is 5.75 Å². The van der Waals surface area contributed by atoms with Gasteiger partial charge in [0.15, 0.2) is 0 Å². The predicted molar refractivity (Wildman–Crippen MR) is 64.7 cm³/mol. The number of nitrogens with two attached hydrogens (primary N) is 1. The van der Waals surface area contributed by atoms with Crippen LogP contribution in [0.3, 0.4) is 0 Å². The number of rotatable bonds is 3. The summed E-state index contributed by atoms with van der Waals surface area (Å²) in [4.78, 5) is 1.99. The van der Waals surface area contributed by atoms with E-state index in [0.29, 0.717) is 25.3 Å². The fraction of sp³-hybridized carbons (Fsp3) is 0.500. The number of hydrogen-bond acceptors (Lipinski definition) is 5. The molecule has 0 radical (unpaired) electrons. The van der Waals surface area contributed by atoms with Crippen LogP contribution in [-0.2, 0) is 6.54 Å². The molecule has 1 heterocycles. The van der Waals surface area contributed by atoms with Crippen molar-refractivity contribution in [3.05, 3.63) is 23.8 Å². The Morgan fingerprint density at radius 2 is 1.94 bits per heavy atom. The first-order chi connectivity index (χ1) is 8.08. The van der Waals surface area contributed by atoms with Gasteiger partial charge in [0.1, 0.15) is 5.75 Å². The standard InChI is InChI=1S/C12H18N2O3/c1-17-10-3-8(2-9(13)4-10)5-14-6-11(15)12(16)7-14/h2-4,11-12,15-16H,5-7,13H2,1H3. The highest BCUT2D eigenvalue weighted by Gasteiger charge is 2.29. The maximum absolute atomic E-state index is 9.46. The van der Waals surface area contributed by atoms with Crippen LogP contribution < -0.4 is 10.5 Å². The monoisotopic (exact) mass is 238 g/mol. The van der Waals surface area contributed by atoms with Crippen molar-refractivity contribution in [3.63, 3.8) is 0 Å². The Kier molecular flexibility index (Phi) is 3.51. The number of nitrogens with zero attached hydrogens (tertiary/aromatic N) is 1. The van der Waals surface area contributed by atoms with E-state index in [2.05, 4.69) is 0 Å². The van der Waals surface area contributed by atoms with Gasteiger partial charge in [0.25, 0.3) is 0 Å². The highest BCUT2D eigenvalue weighted by molar-refractivity contribution is 5.47. The number of hydrogen-bond donors (Lipinski definition) is 3. The molecule has 17 heavy (non-hydrogen) atoms. The predicted octanol–water partition coefficient (Wildman–Crippen LogP) is -0.185. The van der Waals surface area contributed by atoms with E-state index in [1.807, 2.05) is 17.0 Å². The summed E-state index contributed by atoms with van der Waals surface area (Å²) in [5.41, 5.74) is 7.44. The maximum atomic E-state index is 9.46. The average Bonchev–Trinajstić information content (AvgIpc) is 2.57. The number of β-amino-alcohol motifs (C(OH)–C–C–N with tert-alkyl or cyclic N) is 2. The molecule has 2 atom stereocenters. The summed E-state index contributed by atoms with van der Waals surface area (Å²) in [6, 6.07) is 5.55. The van der Waals surface area contributed by atoms with Crippen LogP contribution in [0.2, 0.25) is 0 Å². The Hall–Kier alpha value is -1.30. The molecule has 94 valence electrons. The summed E-state index contributed by atoms with van der Waals surface area (Å²) in [5, 5.41) is 18.9. The number of likely N-dealkylation sites (tertiary alicyclic amines) is 1. The summed E-state index contributed by atoms with van der Waals surface area (Å²) in [7, 11) is 1.60. The van der Waals surface area contributed by atoms with Crippen molar-refractivity contribution in [2.24, 2.45) is 0 Å². The third-order valence-corrected chi connectivity index (χ3v) is 2.97. The van der Waals surface area contributed by atoms with Crippen LogP contribution >= 0.6 is 0 Å². The Labute approximate surface area is 100 Å². The van der Waals surface area contributed by atoms with Crippen molar-refractivity contribution in [1.29, 1.82) is 0 Å². The lowest BCUT2D eigenvalue weighted by Crippen LogP contribution is -2.22. The van der Waals surface area contributed by atoms with Gasteiger partial charge in [0, 0.05) is 31.4 Å². The number of aliphatic hydroxyl groups is 2. The molecule has 2 unspecified atom stereocenters. The number of benzene rings is 1. The van der Waals surface area contributed by atoms with Gasteiger partial charge >= 0.3 is 0 Å². The Morgan fingerprint density at radius 3 is 2.53 bits per heavy atom. The molecule has 0 amide bonds. The average molecular weight is 238 g/mol. The second kappa shape index (κ2) is 4.91. The zero-order valence-electron chi connectivity index (χ0n) is 9.84. The summed E-state index contributed by atoms with van der Waals surface area (Å²) < 4.78 is 5.15. The number of anilines is 1. The quantitative estimate of drug-likeness (QED) is 0.636. The van der Waals surface area contributed by atoms with Gasteiger partial charge in [-0.2, -0.15) is 0 Å². The molecule has 1 aliphatic rings. The summed E-state index contributed by atoms with van der Waals surface area (Å²) in [6.45, 7) is 1.62. The van der Waals surface area contributed by atoms with Gasteiger partial charge in [0.2, 0.25) is 0 Å². The molecule has 1 aromatic carbocycles. The third kappa shape index (κ3) is 2.88. The van der Waals surface area contributed by atoms with Gasteiger partial charge in [-0.25, -0.2) is 0 Å². The number of ether oxygens (including phenoxy) is 1. The number of nitrogen functional groups attached to an aromatic ring is 1.